The quantitative estimate of drug-likeness (QED) is 0.526. The molecule has 0 amide bonds. The highest BCUT2D eigenvalue weighted by molar-refractivity contribution is 4.57. The van der Waals surface area contributed by atoms with Gasteiger partial charge in [0.25, 0.3) is 0 Å². The van der Waals surface area contributed by atoms with Gasteiger partial charge < -0.3 is 10.1 Å². The third kappa shape index (κ3) is 13.9. The van der Waals surface area contributed by atoms with Crippen molar-refractivity contribution < 1.29 is 4.74 Å². The van der Waals surface area contributed by atoms with Crippen molar-refractivity contribution in [3.05, 3.63) is 0 Å². The fraction of sp³-hybridized carbons (Fsp3) is 1.00. The molecule has 1 atom stereocenters. The molecule has 0 aliphatic heterocycles. The van der Waals surface area contributed by atoms with E-state index in [1.807, 2.05) is 0 Å². The number of unbranched alkanes of at least 4 members (excludes halogenated alkanes) is 4. The molecule has 0 aromatic carbocycles. The van der Waals surface area contributed by atoms with Gasteiger partial charge in [0.05, 0.1) is 6.61 Å². The summed E-state index contributed by atoms with van der Waals surface area (Å²) in [5, 5.41) is 3.47. The van der Waals surface area contributed by atoms with E-state index in [2.05, 4.69) is 33.0 Å². The molecule has 0 aromatic rings. The molecular formula is C15H33NO. The number of nitrogens with one attached hydrogen (secondary N) is 1. The van der Waals surface area contributed by atoms with Crippen molar-refractivity contribution in [1.29, 1.82) is 0 Å². The van der Waals surface area contributed by atoms with Gasteiger partial charge in [-0.15, -0.1) is 0 Å². The fourth-order valence-corrected chi connectivity index (χ4v) is 1.77. The van der Waals surface area contributed by atoms with E-state index in [9.17, 15) is 0 Å². The van der Waals surface area contributed by atoms with E-state index in [0.29, 0.717) is 5.92 Å². The largest absolute Gasteiger partial charge is 0.381 e. The van der Waals surface area contributed by atoms with E-state index in [-0.39, 0.29) is 0 Å². The van der Waals surface area contributed by atoms with Gasteiger partial charge in [-0.3, -0.25) is 0 Å². The first-order valence-electron chi connectivity index (χ1n) is 7.45. The molecule has 2 nitrogen and oxygen atoms in total. The molecule has 0 heterocycles. The highest BCUT2D eigenvalue weighted by Gasteiger charge is 2.02. The highest BCUT2D eigenvalue weighted by atomic mass is 16.5. The molecule has 0 aromatic heterocycles. The summed E-state index contributed by atoms with van der Waals surface area (Å²) in [7, 11) is 0. The average molecular weight is 243 g/mol. The van der Waals surface area contributed by atoms with Crippen molar-refractivity contribution in [1.82, 2.24) is 5.32 Å². The number of rotatable bonds is 12. The van der Waals surface area contributed by atoms with Crippen LogP contribution in [0.2, 0.25) is 0 Å². The van der Waals surface area contributed by atoms with E-state index >= 15 is 0 Å². The van der Waals surface area contributed by atoms with Crippen LogP contribution in [0.15, 0.2) is 0 Å². The maximum absolute atomic E-state index is 5.69. The molecule has 0 aliphatic rings. The highest BCUT2D eigenvalue weighted by Crippen LogP contribution is 2.03. The second-order valence-corrected chi connectivity index (χ2v) is 5.65. The van der Waals surface area contributed by atoms with Crippen molar-refractivity contribution in [3.63, 3.8) is 0 Å². The molecule has 0 saturated heterocycles. The summed E-state index contributed by atoms with van der Waals surface area (Å²) < 4.78 is 5.69. The van der Waals surface area contributed by atoms with Gasteiger partial charge in [0, 0.05) is 6.61 Å². The van der Waals surface area contributed by atoms with Crippen molar-refractivity contribution in [3.8, 4) is 0 Å². The molecule has 0 aliphatic carbocycles. The van der Waals surface area contributed by atoms with E-state index in [1.165, 1.54) is 32.1 Å². The minimum absolute atomic E-state index is 0.629. The monoisotopic (exact) mass is 243 g/mol. The maximum Gasteiger partial charge on any atom is 0.0503 e. The minimum atomic E-state index is 0.629. The molecular weight excluding hydrogens is 210 g/mol. The fourth-order valence-electron chi connectivity index (χ4n) is 1.77. The second-order valence-electron chi connectivity index (χ2n) is 5.65. The smallest absolute Gasteiger partial charge is 0.0503 e. The van der Waals surface area contributed by atoms with E-state index in [1.54, 1.807) is 0 Å². The van der Waals surface area contributed by atoms with Crippen LogP contribution < -0.4 is 5.32 Å². The molecule has 2 heteroatoms. The lowest BCUT2D eigenvalue weighted by Crippen LogP contribution is -2.27. The summed E-state index contributed by atoms with van der Waals surface area (Å²) in [6.45, 7) is 13.0. The van der Waals surface area contributed by atoms with Crippen LogP contribution in [0.4, 0.5) is 0 Å². The van der Waals surface area contributed by atoms with Gasteiger partial charge in [-0.2, -0.15) is 0 Å². The van der Waals surface area contributed by atoms with Gasteiger partial charge >= 0.3 is 0 Å². The van der Waals surface area contributed by atoms with Crippen LogP contribution in [0, 0.1) is 11.8 Å². The van der Waals surface area contributed by atoms with Crippen LogP contribution in [0.5, 0.6) is 0 Å². The Morgan fingerprint density at radius 1 is 0.941 bits per heavy atom. The number of hydrogen-bond donors (Lipinski definition) is 1. The Balaban J connectivity index is 3.13. The molecule has 0 fully saturated rings. The molecule has 0 bridgehead atoms. The number of ether oxygens (including phenoxy) is 1. The van der Waals surface area contributed by atoms with E-state index < -0.39 is 0 Å². The predicted molar refractivity (Wildman–Crippen MR) is 76.4 cm³/mol. The molecule has 0 spiro atoms. The zero-order valence-corrected chi connectivity index (χ0v) is 12.4. The van der Waals surface area contributed by atoms with Gasteiger partial charge in [-0.05, 0) is 31.3 Å². The van der Waals surface area contributed by atoms with Crippen LogP contribution in [0.25, 0.3) is 0 Å². The molecule has 104 valence electrons. The van der Waals surface area contributed by atoms with Crippen LogP contribution >= 0.6 is 0 Å². The molecule has 0 rings (SSSR count). The Morgan fingerprint density at radius 2 is 1.65 bits per heavy atom. The van der Waals surface area contributed by atoms with Crippen molar-refractivity contribution >= 4 is 0 Å². The molecule has 0 saturated carbocycles. The lowest BCUT2D eigenvalue weighted by molar-refractivity contribution is 0.101. The van der Waals surface area contributed by atoms with Crippen LogP contribution in [0.1, 0.15) is 59.8 Å². The van der Waals surface area contributed by atoms with E-state index in [0.717, 1.165) is 32.2 Å². The third-order valence-corrected chi connectivity index (χ3v) is 2.84. The lowest BCUT2D eigenvalue weighted by Gasteiger charge is -2.14. The SMILES string of the molecule is CCCCCCCOCC(C)CNCC(C)C. The Hall–Kier alpha value is -0.0800. The van der Waals surface area contributed by atoms with Gasteiger partial charge in [0.2, 0.25) is 0 Å². The van der Waals surface area contributed by atoms with Crippen molar-refractivity contribution in [2.75, 3.05) is 26.3 Å². The summed E-state index contributed by atoms with van der Waals surface area (Å²) in [6.07, 6.45) is 6.61. The van der Waals surface area contributed by atoms with Crippen LogP contribution in [0.3, 0.4) is 0 Å². The molecule has 0 radical (unpaired) electrons. The normalized spacial score (nSPS) is 13.2. The first-order valence-corrected chi connectivity index (χ1v) is 7.45. The van der Waals surface area contributed by atoms with E-state index in [4.69, 9.17) is 4.74 Å². The third-order valence-electron chi connectivity index (χ3n) is 2.84. The average Bonchev–Trinajstić information content (AvgIpc) is 2.27. The van der Waals surface area contributed by atoms with Crippen LogP contribution in [-0.2, 0) is 4.74 Å². The predicted octanol–water partition coefficient (Wildman–Crippen LogP) is 3.86. The molecule has 1 unspecified atom stereocenters. The molecule has 17 heavy (non-hydrogen) atoms. The van der Waals surface area contributed by atoms with Crippen molar-refractivity contribution in [2.45, 2.75) is 59.8 Å². The van der Waals surface area contributed by atoms with Gasteiger partial charge in [0.1, 0.15) is 0 Å². The van der Waals surface area contributed by atoms with Crippen LogP contribution in [-0.4, -0.2) is 26.3 Å². The van der Waals surface area contributed by atoms with Gasteiger partial charge in [0.15, 0.2) is 0 Å². The number of hydrogen-bond acceptors (Lipinski definition) is 2. The zero-order chi connectivity index (χ0) is 12.9. The Bertz CT molecular complexity index is 148. The Kier molecular flexibility index (Phi) is 12.3. The lowest BCUT2D eigenvalue weighted by atomic mass is 10.1. The maximum atomic E-state index is 5.69. The Morgan fingerprint density at radius 3 is 2.29 bits per heavy atom. The first kappa shape index (κ1) is 16.9. The zero-order valence-electron chi connectivity index (χ0n) is 12.4. The summed E-state index contributed by atoms with van der Waals surface area (Å²) in [5.41, 5.74) is 0. The standard InChI is InChI=1S/C15H33NO/c1-5-6-7-8-9-10-17-13-15(4)12-16-11-14(2)3/h14-16H,5-13H2,1-4H3. The summed E-state index contributed by atoms with van der Waals surface area (Å²) >= 11 is 0. The summed E-state index contributed by atoms with van der Waals surface area (Å²) in [4.78, 5) is 0. The Labute approximate surface area is 109 Å². The van der Waals surface area contributed by atoms with Crippen molar-refractivity contribution in [2.24, 2.45) is 11.8 Å². The topological polar surface area (TPSA) is 21.3 Å². The molecule has 1 N–H and O–H groups in total. The second kappa shape index (κ2) is 12.4. The van der Waals surface area contributed by atoms with Gasteiger partial charge in [-0.1, -0.05) is 53.4 Å². The summed E-state index contributed by atoms with van der Waals surface area (Å²) in [5.74, 6) is 1.37. The first-order chi connectivity index (χ1) is 8.16. The van der Waals surface area contributed by atoms with Gasteiger partial charge in [-0.25, -0.2) is 0 Å². The minimum Gasteiger partial charge on any atom is -0.381 e. The summed E-state index contributed by atoms with van der Waals surface area (Å²) in [6, 6.07) is 0.